The van der Waals surface area contributed by atoms with Gasteiger partial charge in [0.25, 0.3) is 5.69 Å². The molecule has 1 aromatic carbocycles. The van der Waals surface area contributed by atoms with Crippen LogP contribution >= 0.6 is 12.4 Å². The average molecular weight is 336 g/mol. The summed E-state index contributed by atoms with van der Waals surface area (Å²) in [6, 6.07) is 3.96. The third-order valence-corrected chi connectivity index (χ3v) is 5.07. The van der Waals surface area contributed by atoms with E-state index in [4.69, 9.17) is 0 Å². The Hall–Kier alpha value is -1.22. The van der Waals surface area contributed by atoms with Gasteiger partial charge in [-0.2, -0.15) is 0 Å². The van der Waals surface area contributed by atoms with Crippen molar-refractivity contribution in [3.63, 3.8) is 0 Å². The van der Waals surface area contributed by atoms with Crippen LogP contribution in [0.3, 0.4) is 0 Å². The zero-order chi connectivity index (χ0) is 14.8. The van der Waals surface area contributed by atoms with Crippen LogP contribution < -0.4 is 10.0 Å². The second-order valence-electron chi connectivity index (χ2n) is 4.80. The molecule has 0 unspecified atom stereocenters. The number of halogens is 1. The first-order chi connectivity index (χ1) is 9.42. The Morgan fingerprint density at radius 1 is 1.33 bits per heavy atom. The molecule has 1 aliphatic rings. The van der Waals surface area contributed by atoms with Crippen molar-refractivity contribution in [1.29, 1.82) is 0 Å². The molecule has 0 spiro atoms. The van der Waals surface area contributed by atoms with Crippen molar-refractivity contribution in [3.8, 4) is 0 Å². The number of nitro groups is 1. The van der Waals surface area contributed by atoms with Crippen LogP contribution in [0.5, 0.6) is 0 Å². The van der Waals surface area contributed by atoms with Gasteiger partial charge in [0.15, 0.2) is 0 Å². The maximum Gasteiger partial charge on any atom is 0.273 e. The van der Waals surface area contributed by atoms with E-state index in [1.807, 2.05) is 0 Å². The largest absolute Gasteiger partial charge is 0.317 e. The number of nitro benzene ring substituents is 1. The van der Waals surface area contributed by atoms with Gasteiger partial charge >= 0.3 is 0 Å². The maximum atomic E-state index is 12.3. The van der Waals surface area contributed by atoms with Crippen LogP contribution in [0.4, 0.5) is 5.69 Å². The summed E-state index contributed by atoms with van der Waals surface area (Å²) < 4.78 is 27.3. The third kappa shape index (κ3) is 4.13. The zero-order valence-corrected chi connectivity index (χ0v) is 13.2. The highest BCUT2D eigenvalue weighted by atomic mass is 35.5. The molecule has 0 bridgehead atoms. The van der Waals surface area contributed by atoms with E-state index in [1.54, 1.807) is 0 Å². The van der Waals surface area contributed by atoms with Gasteiger partial charge < -0.3 is 5.32 Å². The summed E-state index contributed by atoms with van der Waals surface area (Å²) >= 11 is 0. The lowest BCUT2D eigenvalue weighted by Crippen LogP contribution is -2.42. The molecule has 1 saturated heterocycles. The van der Waals surface area contributed by atoms with Crippen LogP contribution in [0, 0.1) is 17.0 Å². The third-order valence-electron chi connectivity index (χ3n) is 3.40. The van der Waals surface area contributed by atoms with Gasteiger partial charge in [0.05, 0.1) is 9.82 Å². The molecule has 0 radical (unpaired) electrons. The van der Waals surface area contributed by atoms with Crippen molar-refractivity contribution in [2.75, 3.05) is 13.1 Å². The molecule has 0 aliphatic carbocycles. The number of piperidine rings is 1. The minimum Gasteiger partial charge on any atom is -0.317 e. The molecule has 0 atom stereocenters. The Balaban J connectivity index is 0.00000220. The second kappa shape index (κ2) is 7.17. The standard InChI is InChI=1S/C12H17N3O4S.ClH/c1-9-11(15(16)17)3-2-4-12(9)20(18,19)14-10-5-7-13-8-6-10;/h2-4,10,13-14H,5-8H2,1H3;1H. The summed E-state index contributed by atoms with van der Waals surface area (Å²) in [7, 11) is -3.73. The minimum absolute atomic E-state index is 0. The molecule has 118 valence electrons. The lowest BCUT2D eigenvalue weighted by molar-refractivity contribution is -0.385. The Labute approximate surface area is 129 Å². The predicted octanol–water partition coefficient (Wildman–Crippen LogP) is 1.36. The highest BCUT2D eigenvalue weighted by Crippen LogP contribution is 2.25. The first kappa shape index (κ1) is 17.8. The van der Waals surface area contributed by atoms with Crippen LogP contribution in [0.25, 0.3) is 0 Å². The highest BCUT2D eigenvalue weighted by molar-refractivity contribution is 7.89. The van der Waals surface area contributed by atoms with Crippen molar-refractivity contribution in [2.45, 2.75) is 30.7 Å². The highest BCUT2D eigenvalue weighted by Gasteiger charge is 2.26. The molecular formula is C12H18ClN3O4S. The Morgan fingerprint density at radius 2 is 1.95 bits per heavy atom. The SMILES string of the molecule is Cc1c([N+](=O)[O-])cccc1S(=O)(=O)NC1CCNCC1.Cl. The fourth-order valence-electron chi connectivity index (χ4n) is 2.31. The van der Waals surface area contributed by atoms with Gasteiger partial charge in [-0.25, -0.2) is 13.1 Å². The van der Waals surface area contributed by atoms with Gasteiger partial charge in [-0.3, -0.25) is 10.1 Å². The fraction of sp³-hybridized carbons (Fsp3) is 0.500. The molecule has 21 heavy (non-hydrogen) atoms. The van der Waals surface area contributed by atoms with E-state index in [0.29, 0.717) is 12.8 Å². The second-order valence-corrected chi connectivity index (χ2v) is 6.49. The maximum absolute atomic E-state index is 12.3. The van der Waals surface area contributed by atoms with Crippen LogP contribution in [-0.4, -0.2) is 32.5 Å². The summed E-state index contributed by atoms with van der Waals surface area (Å²) in [6.45, 7) is 2.98. The van der Waals surface area contributed by atoms with Gasteiger partial charge in [0.2, 0.25) is 10.0 Å². The number of hydrogen-bond donors (Lipinski definition) is 2. The predicted molar refractivity (Wildman–Crippen MR) is 81.3 cm³/mol. The van der Waals surface area contributed by atoms with Crippen molar-refractivity contribution in [3.05, 3.63) is 33.9 Å². The van der Waals surface area contributed by atoms with Gasteiger partial charge in [-0.15, -0.1) is 12.4 Å². The number of hydrogen-bond acceptors (Lipinski definition) is 5. The summed E-state index contributed by atoms with van der Waals surface area (Å²) in [5, 5.41) is 14.0. The lowest BCUT2D eigenvalue weighted by atomic mass is 10.1. The molecule has 1 aliphatic heterocycles. The Bertz CT molecular complexity index is 615. The van der Waals surface area contributed by atoms with Gasteiger partial charge in [0, 0.05) is 17.7 Å². The fourth-order valence-corrected chi connectivity index (χ4v) is 3.88. The smallest absolute Gasteiger partial charge is 0.273 e. The Morgan fingerprint density at radius 3 is 2.52 bits per heavy atom. The van der Waals surface area contributed by atoms with Crippen molar-refractivity contribution in [2.24, 2.45) is 0 Å². The average Bonchev–Trinajstić information content (AvgIpc) is 2.39. The van der Waals surface area contributed by atoms with Crippen LogP contribution in [-0.2, 0) is 10.0 Å². The van der Waals surface area contributed by atoms with Crippen LogP contribution in [0.15, 0.2) is 23.1 Å². The monoisotopic (exact) mass is 335 g/mol. The molecule has 0 aromatic heterocycles. The van der Waals surface area contributed by atoms with Gasteiger partial charge in [-0.1, -0.05) is 6.07 Å². The molecule has 0 saturated carbocycles. The molecule has 1 aromatic rings. The molecule has 1 heterocycles. The summed E-state index contributed by atoms with van der Waals surface area (Å²) in [5.74, 6) is 0. The van der Waals surface area contributed by atoms with Crippen molar-refractivity contribution >= 4 is 28.1 Å². The number of rotatable bonds is 4. The van der Waals surface area contributed by atoms with Crippen LogP contribution in [0.2, 0.25) is 0 Å². The topological polar surface area (TPSA) is 101 Å². The summed E-state index contributed by atoms with van der Waals surface area (Å²) in [4.78, 5) is 10.3. The minimum atomic E-state index is -3.73. The van der Waals surface area contributed by atoms with Crippen LogP contribution in [0.1, 0.15) is 18.4 Å². The molecular weight excluding hydrogens is 318 g/mol. The number of benzene rings is 1. The number of nitrogens with zero attached hydrogens (tertiary/aromatic N) is 1. The van der Waals surface area contributed by atoms with Gasteiger partial charge in [-0.05, 0) is 38.9 Å². The zero-order valence-electron chi connectivity index (χ0n) is 11.5. The van der Waals surface area contributed by atoms with Crippen molar-refractivity contribution < 1.29 is 13.3 Å². The lowest BCUT2D eigenvalue weighted by Gasteiger charge is -2.23. The van der Waals surface area contributed by atoms with E-state index in [2.05, 4.69) is 10.0 Å². The molecule has 2 rings (SSSR count). The number of nitrogens with one attached hydrogen (secondary N) is 2. The van der Waals surface area contributed by atoms with E-state index in [-0.39, 0.29) is 34.6 Å². The summed E-state index contributed by atoms with van der Waals surface area (Å²) in [5.41, 5.74) is -0.0166. The molecule has 9 heteroatoms. The number of sulfonamides is 1. The van der Waals surface area contributed by atoms with E-state index in [1.165, 1.54) is 25.1 Å². The molecule has 7 nitrogen and oxygen atoms in total. The van der Waals surface area contributed by atoms with E-state index in [9.17, 15) is 18.5 Å². The van der Waals surface area contributed by atoms with Gasteiger partial charge in [0.1, 0.15) is 0 Å². The first-order valence-electron chi connectivity index (χ1n) is 6.39. The summed E-state index contributed by atoms with van der Waals surface area (Å²) in [6.07, 6.45) is 1.43. The molecule has 1 fully saturated rings. The van der Waals surface area contributed by atoms with Crippen molar-refractivity contribution in [1.82, 2.24) is 10.0 Å². The normalized spacial score (nSPS) is 16.2. The molecule has 2 N–H and O–H groups in total. The first-order valence-corrected chi connectivity index (χ1v) is 7.87. The quantitative estimate of drug-likeness (QED) is 0.639. The van der Waals surface area contributed by atoms with E-state index >= 15 is 0 Å². The van der Waals surface area contributed by atoms with E-state index in [0.717, 1.165) is 13.1 Å². The van der Waals surface area contributed by atoms with E-state index < -0.39 is 14.9 Å². The molecule has 0 amide bonds. The Kier molecular flexibility index (Phi) is 6.09.